The lowest BCUT2D eigenvalue weighted by molar-refractivity contribution is 0.102. The molecule has 0 aliphatic carbocycles. The maximum atomic E-state index is 12.4. The third-order valence-corrected chi connectivity index (χ3v) is 4.93. The van der Waals surface area contributed by atoms with Gasteiger partial charge in [-0.2, -0.15) is 0 Å². The number of fused-ring (bicyclic) bond motifs is 1. The van der Waals surface area contributed by atoms with Crippen LogP contribution in [0.5, 0.6) is 0 Å². The fourth-order valence-electron chi connectivity index (χ4n) is 2.86. The molecule has 0 aliphatic heterocycles. The summed E-state index contributed by atoms with van der Waals surface area (Å²) in [5, 5.41) is 2.92. The third-order valence-electron chi connectivity index (χ3n) is 4.23. The quantitative estimate of drug-likeness (QED) is 0.500. The Kier molecular flexibility index (Phi) is 4.31. The first kappa shape index (κ1) is 16.5. The first-order chi connectivity index (χ1) is 12.6. The van der Waals surface area contributed by atoms with Crippen molar-refractivity contribution in [2.24, 2.45) is 0 Å². The SMILES string of the molecule is Cc1cccn2cc(-c3ccc(NC(=O)c4ccccc4Br)cc3)nc12. The lowest BCUT2D eigenvalue weighted by atomic mass is 10.1. The number of rotatable bonds is 3. The first-order valence-corrected chi connectivity index (χ1v) is 9.02. The number of pyridine rings is 1. The monoisotopic (exact) mass is 405 g/mol. The Morgan fingerprint density at radius 2 is 1.81 bits per heavy atom. The summed E-state index contributed by atoms with van der Waals surface area (Å²) < 4.78 is 2.79. The highest BCUT2D eigenvalue weighted by atomic mass is 79.9. The average Bonchev–Trinajstić information content (AvgIpc) is 3.08. The molecule has 0 saturated heterocycles. The van der Waals surface area contributed by atoms with Crippen molar-refractivity contribution in [3.8, 4) is 11.3 Å². The van der Waals surface area contributed by atoms with Gasteiger partial charge in [-0.1, -0.05) is 30.3 Å². The highest BCUT2D eigenvalue weighted by Gasteiger charge is 2.10. The molecule has 5 heteroatoms. The van der Waals surface area contributed by atoms with Gasteiger partial charge in [0.05, 0.1) is 11.3 Å². The number of carbonyl (C=O) groups excluding carboxylic acids is 1. The van der Waals surface area contributed by atoms with Gasteiger partial charge in [0.15, 0.2) is 0 Å². The predicted octanol–water partition coefficient (Wildman–Crippen LogP) is 5.32. The maximum Gasteiger partial charge on any atom is 0.256 e. The topological polar surface area (TPSA) is 46.4 Å². The number of hydrogen-bond acceptors (Lipinski definition) is 2. The number of aryl methyl sites for hydroxylation is 1. The molecular weight excluding hydrogens is 390 g/mol. The van der Waals surface area contributed by atoms with Gasteiger partial charge in [-0.3, -0.25) is 4.79 Å². The van der Waals surface area contributed by atoms with E-state index in [0.717, 1.165) is 32.6 Å². The van der Waals surface area contributed by atoms with Crippen LogP contribution in [-0.2, 0) is 0 Å². The van der Waals surface area contributed by atoms with Crippen LogP contribution in [0.15, 0.2) is 77.5 Å². The van der Waals surface area contributed by atoms with E-state index < -0.39 is 0 Å². The molecule has 4 rings (SSSR count). The van der Waals surface area contributed by atoms with Crippen molar-refractivity contribution in [3.05, 3.63) is 88.7 Å². The third kappa shape index (κ3) is 3.13. The smallest absolute Gasteiger partial charge is 0.256 e. The zero-order chi connectivity index (χ0) is 18.1. The van der Waals surface area contributed by atoms with E-state index in [1.165, 1.54) is 0 Å². The normalized spacial score (nSPS) is 10.8. The Hall–Kier alpha value is -2.92. The van der Waals surface area contributed by atoms with Crippen molar-refractivity contribution in [2.45, 2.75) is 6.92 Å². The molecule has 128 valence electrons. The summed E-state index contributed by atoms with van der Waals surface area (Å²) in [4.78, 5) is 17.1. The van der Waals surface area contributed by atoms with Crippen LogP contribution in [0.1, 0.15) is 15.9 Å². The van der Waals surface area contributed by atoms with Crippen molar-refractivity contribution < 1.29 is 4.79 Å². The van der Waals surface area contributed by atoms with E-state index in [1.54, 1.807) is 6.07 Å². The van der Waals surface area contributed by atoms with Crippen LogP contribution < -0.4 is 5.32 Å². The van der Waals surface area contributed by atoms with Crippen molar-refractivity contribution in [3.63, 3.8) is 0 Å². The molecule has 26 heavy (non-hydrogen) atoms. The second kappa shape index (κ2) is 6.77. The number of aromatic nitrogens is 2. The van der Waals surface area contributed by atoms with Gasteiger partial charge in [0.25, 0.3) is 5.91 Å². The van der Waals surface area contributed by atoms with E-state index in [9.17, 15) is 4.79 Å². The van der Waals surface area contributed by atoms with E-state index in [4.69, 9.17) is 4.98 Å². The lowest BCUT2D eigenvalue weighted by Gasteiger charge is -2.07. The molecule has 0 saturated carbocycles. The molecule has 0 fully saturated rings. The minimum Gasteiger partial charge on any atom is -0.322 e. The van der Waals surface area contributed by atoms with E-state index >= 15 is 0 Å². The van der Waals surface area contributed by atoms with Gasteiger partial charge in [-0.15, -0.1) is 0 Å². The average molecular weight is 406 g/mol. The summed E-state index contributed by atoms with van der Waals surface area (Å²) >= 11 is 3.40. The number of nitrogens with one attached hydrogen (secondary N) is 1. The first-order valence-electron chi connectivity index (χ1n) is 8.22. The molecule has 0 aliphatic rings. The summed E-state index contributed by atoms with van der Waals surface area (Å²) in [7, 11) is 0. The van der Waals surface area contributed by atoms with Crippen LogP contribution in [-0.4, -0.2) is 15.3 Å². The molecule has 2 heterocycles. The second-order valence-corrected chi connectivity index (χ2v) is 6.91. The van der Waals surface area contributed by atoms with Crippen LogP contribution in [0.2, 0.25) is 0 Å². The van der Waals surface area contributed by atoms with Crippen LogP contribution in [0, 0.1) is 6.92 Å². The molecular formula is C21H16BrN3O. The van der Waals surface area contributed by atoms with Crippen molar-refractivity contribution in [1.82, 2.24) is 9.38 Å². The highest BCUT2D eigenvalue weighted by Crippen LogP contribution is 2.23. The molecule has 4 aromatic rings. The molecule has 0 radical (unpaired) electrons. The number of nitrogens with zero attached hydrogens (tertiary/aromatic N) is 2. The molecule has 4 nitrogen and oxygen atoms in total. The Morgan fingerprint density at radius 3 is 2.54 bits per heavy atom. The highest BCUT2D eigenvalue weighted by molar-refractivity contribution is 9.10. The largest absolute Gasteiger partial charge is 0.322 e. The summed E-state index contributed by atoms with van der Waals surface area (Å²) in [6.45, 7) is 2.05. The number of imidazole rings is 1. The maximum absolute atomic E-state index is 12.4. The Labute approximate surface area is 159 Å². The molecule has 0 bridgehead atoms. The van der Waals surface area contributed by atoms with Gasteiger partial charge in [0, 0.05) is 28.1 Å². The molecule has 1 amide bonds. The molecule has 2 aromatic carbocycles. The Morgan fingerprint density at radius 1 is 1.04 bits per heavy atom. The zero-order valence-electron chi connectivity index (χ0n) is 14.1. The molecule has 2 aromatic heterocycles. The van der Waals surface area contributed by atoms with Gasteiger partial charge in [-0.25, -0.2) is 4.98 Å². The van der Waals surface area contributed by atoms with Gasteiger partial charge < -0.3 is 9.72 Å². The van der Waals surface area contributed by atoms with Gasteiger partial charge in [-0.05, 0) is 58.7 Å². The number of hydrogen-bond donors (Lipinski definition) is 1. The standard InChI is InChI=1S/C21H16BrN3O/c1-14-5-4-12-25-13-19(24-20(14)25)15-8-10-16(11-9-15)23-21(26)17-6-2-3-7-18(17)22/h2-13H,1H3,(H,23,26). The number of halogens is 1. The minimum absolute atomic E-state index is 0.145. The number of carbonyl (C=O) groups is 1. The number of anilines is 1. The van der Waals surface area contributed by atoms with Crippen molar-refractivity contribution >= 4 is 33.2 Å². The van der Waals surface area contributed by atoms with Crippen molar-refractivity contribution in [1.29, 1.82) is 0 Å². The summed E-state index contributed by atoms with van der Waals surface area (Å²) in [5.74, 6) is -0.145. The van der Waals surface area contributed by atoms with Crippen LogP contribution in [0.3, 0.4) is 0 Å². The Balaban J connectivity index is 1.57. The number of amides is 1. The molecule has 0 spiro atoms. The van der Waals surface area contributed by atoms with Gasteiger partial charge >= 0.3 is 0 Å². The summed E-state index contributed by atoms with van der Waals surface area (Å²) in [6, 6.07) is 19.1. The molecule has 1 N–H and O–H groups in total. The van der Waals surface area contributed by atoms with Crippen LogP contribution in [0.25, 0.3) is 16.9 Å². The van der Waals surface area contributed by atoms with E-state index in [0.29, 0.717) is 5.56 Å². The Bertz CT molecular complexity index is 1100. The van der Waals surface area contributed by atoms with Crippen LogP contribution >= 0.6 is 15.9 Å². The second-order valence-electron chi connectivity index (χ2n) is 6.06. The van der Waals surface area contributed by atoms with Gasteiger partial charge in [0.1, 0.15) is 5.65 Å². The van der Waals surface area contributed by atoms with E-state index in [2.05, 4.69) is 21.2 Å². The van der Waals surface area contributed by atoms with Gasteiger partial charge in [0.2, 0.25) is 0 Å². The number of benzene rings is 2. The summed E-state index contributed by atoms with van der Waals surface area (Å²) in [6.07, 6.45) is 4.00. The molecule has 0 atom stereocenters. The molecule has 0 unspecified atom stereocenters. The van der Waals surface area contributed by atoms with E-state index in [-0.39, 0.29) is 5.91 Å². The lowest BCUT2D eigenvalue weighted by Crippen LogP contribution is -2.12. The van der Waals surface area contributed by atoms with E-state index in [1.807, 2.05) is 78.3 Å². The predicted molar refractivity (Wildman–Crippen MR) is 107 cm³/mol. The summed E-state index contributed by atoms with van der Waals surface area (Å²) in [5.41, 5.74) is 5.35. The van der Waals surface area contributed by atoms with Crippen molar-refractivity contribution in [2.75, 3.05) is 5.32 Å². The fourth-order valence-corrected chi connectivity index (χ4v) is 3.33. The van der Waals surface area contributed by atoms with Crippen LogP contribution in [0.4, 0.5) is 5.69 Å². The zero-order valence-corrected chi connectivity index (χ0v) is 15.7. The minimum atomic E-state index is -0.145. The fraction of sp³-hybridized carbons (Fsp3) is 0.0476.